The smallest absolute Gasteiger partial charge is 0.267 e. The third-order valence-corrected chi connectivity index (χ3v) is 4.04. The van der Waals surface area contributed by atoms with E-state index in [9.17, 15) is 4.79 Å². The number of benzene rings is 2. The summed E-state index contributed by atoms with van der Waals surface area (Å²) in [5.74, 6) is 0.276. The summed E-state index contributed by atoms with van der Waals surface area (Å²) in [6, 6.07) is 19.5. The normalized spacial score (nSPS) is 11.3. The first kappa shape index (κ1) is 16.8. The van der Waals surface area contributed by atoms with Crippen LogP contribution in [0.4, 0.5) is 0 Å². The highest BCUT2D eigenvalue weighted by molar-refractivity contribution is 5.92. The molecule has 2 aromatic heterocycles. The number of para-hydroxylation sites is 2. The fourth-order valence-electron chi connectivity index (χ4n) is 2.81. The number of nitrogens with zero attached hydrogens (tertiary/aromatic N) is 2. The minimum Gasteiger partial charge on any atom is -0.454 e. The van der Waals surface area contributed by atoms with Gasteiger partial charge in [0.2, 0.25) is 0 Å². The van der Waals surface area contributed by atoms with Crippen LogP contribution < -0.4 is 5.48 Å². The molecule has 4 rings (SSSR count). The highest BCUT2D eigenvalue weighted by Crippen LogP contribution is 2.30. The van der Waals surface area contributed by atoms with Crippen molar-refractivity contribution in [1.82, 2.24) is 15.3 Å². The first-order chi connectivity index (χ1) is 13.2. The zero-order valence-electron chi connectivity index (χ0n) is 14.6. The van der Waals surface area contributed by atoms with Crippen LogP contribution in [0.25, 0.3) is 34.2 Å². The lowest BCUT2D eigenvalue weighted by molar-refractivity contribution is -0.126. The van der Waals surface area contributed by atoms with E-state index in [2.05, 4.69) is 15.4 Å². The molecule has 0 saturated heterocycles. The number of nitrogens with one attached hydrogen (secondary N) is 1. The van der Waals surface area contributed by atoms with Crippen LogP contribution in [-0.4, -0.2) is 22.8 Å². The van der Waals surface area contributed by atoms with Gasteiger partial charge in [0, 0.05) is 23.2 Å². The Bertz CT molecular complexity index is 1080. The summed E-state index contributed by atoms with van der Waals surface area (Å²) in [5, 5.41) is 5.67. The molecular formula is C21H17N3O3. The number of amides is 1. The van der Waals surface area contributed by atoms with E-state index in [1.807, 2.05) is 66.9 Å². The first-order valence-electron chi connectivity index (χ1n) is 8.39. The molecule has 0 aliphatic rings. The maximum atomic E-state index is 11.7. The predicted octanol–water partition coefficient (Wildman–Crippen LogP) is 3.98. The third-order valence-electron chi connectivity index (χ3n) is 4.04. The second-order valence-electron chi connectivity index (χ2n) is 5.87. The lowest BCUT2D eigenvalue weighted by Crippen LogP contribution is -2.18. The number of fused-ring (bicyclic) bond motifs is 1. The molecule has 27 heavy (non-hydrogen) atoms. The van der Waals surface area contributed by atoms with Gasteiger partial charge in [-0.25, -0.2) is 10.2 Å². The predicted molar refractivity (Wildman–Crippen MR) is 103 cm³/mol. The van der Waals surface area contributed by atoms with Crippen LogP contribution in [0.15, 0.2) is 77.4 Å². The molecule has 0 unspecified atom stereocenters. The number of hydrogen-bond donors (Lipinski definition) is 1. The molecule has 6 nitrogen and oxygen atoms in total. The summed E-state index contributed by atoms with van der Waals surface area (Å²) in [6.45, 7) is 0. The number of aromatic nitrogens is 2. The lowest BCUT2D eigenvalue weighted by Gasteiger charge is -1.98. The fourth-order valence-corrected chi connectivity index (χ4v) is 2.81. The average molecular weight is 359 g/mol. The Labute approximate surface area is 155 Å². The van der Waals surface area contributed by atoms with Crippen molar-refractivity contribution >= 4 is 23.0 Å². The number of carbonyl (C=O) groups is 1. The largest absolute Gasteiger partial charge is 0.454 e. The summed E-state index contributed by atoms with van der Waals surface area (Å²) in [4.78, 5) is 16.3. The topological polar surface area (TPSA) is 69.3 Å². The maximum absolute atomic E-state index is 11.7. The second kappa shape index (κ2) is 7.31. The van der Waals surface area contributed by atoms with Crippen LogP contribution in [0.2, 0.25) is 0 Å². The van der Waals surface area contributed by atoms with Gasteiger partial charge in [-0.3, -0.25) is 9.63 Å². The number of hydrogen-bond acceptors (Lipinski definition) is 4. The van der Waals surface area contributed by atoms with Crippen molar-refractivity contribution in [3.05, 3.63) is 78.5 Å². The van der Waals surface area contributed by atoms with Crippen LogP contribution in [0.5, 0.6) is 0 Å². The van der Waals surface area contributed by atoms with Gasteiger partial charge < -0.3 is 4.42 Å². The molecule has 0 spiro atoms. The van der Waals surface area contributed by atoms with Crippen LogP contribution >= 0.6 is 0 Å². The summed E-state index contributed by atoms with van der Waals surface area (Å²) >= 11 is 0. The standard InChI is InChI=1S/C21H17N3O3/c1-26-23-20(25)12-11-16-14-24(17-8-3-2-4-9-17)22-21(16)19-13-15-7-5-6-10-18(15)27-19/h2-14H,1H3,(H,23,25). The zero-order chi connectivity index (χ0) is 18.6. The second-order valence-corrected chi connectivity index (χ2v) is 5.87. The van der Waals surface area contributed by atoms with Crippen molar-refractivity contribution in [2.75, 3.05) is 7.11 Å². The molecule has 2 heterocycles. The Morgan fingerprint density at radius 3 is 2.70 bits per heavy atom. The van der Waals surface area contributed by atoms with E-state index < -0.39 is 0 Å². The quantitative estimate of drug-likeness (QED) is 0.432. The Kier molecular flexibility index (Phi) is 4.55. The Balaban J connectivity index is 1.80. The van der Waals surface area contributed by atoms with Crippen LogP contribution in [0.3, 0.4) is 0 Å². The summed E-state index contributed by atoms with van der Waals surface area (Å²) < 4.78 is 7.72. The first-order valence-corrected chi connectivity index (χ1v) is 8.39. The average Bonchev–Trinajstić information content (AvgIpc) is 3.31. The van der Waals surface area contributed by atoms with E-state index >= 15 is 0 Å². The van der Waals surface area contributed by atoms with Crippen LogP contribution in [0, 0.1) is 0 Å². The molecule has 0 fully saturated rings. The minimum absolute atomic E-state index is 0.361. The lowest BCUT2D eigenvalue weighted by atomic mass is 10.2. The molecule has 0 bridgehead atoms. The van der Waals surface area contributed by atoms with Crippen molar-refractivity contribution in [3.63, 3.8) is 0 Å². The molecule has 0 aliphatic carbocycles. The van der Waals surface area contributed by atoms with E-state index in [0.29, 0.717) is 11.5 Å². The highest BCUT2D eigenvalue weighted by atomic mass is 16.6. The number of rotatable bonds is 5. The summed E-state index contributed by atoms with van der Waals surface area (Å²) in [7, 11) is 1.39. The van der Waals surface area contributed by atoms with E-state index in [1.165, 1.54) is 13.2 Å². The number of furan rings is 1. The van der Waals surface area contributed by atoms with Gasteiger partial charge in [0.1, 0.15) is 11.3 Å². The Hall–Kier alpha value is -3.64. The number of carbonyl (C=O) groups excluding carboxylic acids is 1. The van der Waals surface area contributed by atoms with Crippen molar-refractivity contribution in [2.45, 2.75) is 0 Å². The molecule has 0 aliphatic heterocycles. The van der Waals surface area contributed by atoms with Crippen molar-refractivity contribution in [3.8, 4) is 17.1 Å². The Morgan fingerprint density at radius 1 is 1.15 bits per heavy atom. The molecule has 1 N–H and O–H groups in total. The minimum atomic E-state index is -0.361. The van der Waals surface area contributed by atoms with Crippen molar-refractivity contribution in [2.24, 2.45) is 0 Å². The van der Waals surface area contributed by atoms with Crippen molar-refractivity contribution < 1.29 is 14.0 Å². The van der Waals surface area contributed by atoms with Gasteiger partial charge in [-0.2, -0.15) is 5.10 Å². The van der Waals surface area contributed by atoms with Crippen LogP contribution in [-0.2, 0) is 9.63 Å². The van der Waals surface area contributed by atoms with E-state index in [-0.39, 0.29) is 5.91 Å². The summed E-state index contributed by atoms with van der Waals surface area (Å²) in [6.07, 6.45) is 4.93. The maximum Gasteiger partial charge on any atom is 0.267 e. The molecule has 2 aromatic carbocycles. The third kappa shape index (κ3) is 3.51. The van der Waals surface area contributed by atoms with Gasteiger partial charge in [-0.05, 0) is 30.3 Å². The Morgan fingerprint density at radius 2 is 1.93 bits per heavy atom. The monoisotopic (exact) mass is 359 g/mol. The SMILES string of the molecule is CONC(=O)C=Cc1cn(-c2ccccc2)nc1-c1cc2ccccc2o1. The molecule has 1 amide bonds. The van der Waals surface area contributed by atoms with E-state index in [0.717, 1.165) is 22.2 Å². The van der Waals surface area contributed by atoms with Crippen molar-refractivity contribution in [1.29, 1.82) is 0 Å². The van der Waals surface area contributed by atoms with E-state index in [1.54, 1.807) is 10.8 Å². The van der Waals surface area contributed by atoms with Gasteiger partial charge >= 0.3 is 0 Å². The van der Waals surface area contributed by atoms with Gasteiger partial charge in [0.15, 0.2) is 5.76 Å². The molecule has 6 heteroatoms. The molecule has 0 saturated carbocycles. The fraction of sp³-hybridized carbons (Fsp3) is 0.0476. The van der Waals surface area contributed by atoms with Gasteiger partial charge in [0.25, 0.3) is 5.91 Å². The van der Waals surface area contributed by atoms with Gasteiger partial charge in [-0.15, -0.1) is 0 Å². The van der Waals surface area contributed by atoms with Gasteiger partial charge in [0.05, 0.1) is 12.8 Å². The van der Waals surface area contributed by atoms with E-state index in [4.69, 9.17) is 4.42 Å². The van der Waals surface area contributed by atoms with Crippen LogP contribution in [0.1, 0.15) is 5.56 Å². The molecule has 0 radical (unpaired) electrons. The zero-order valence-corrected chi connectivity index (χ0v) is 14.6. The summed E-state index contributed by atoms with van der Waals surface area (Å²) in [5.41, 5.74) is 5.36. The molecular weight excluding hydrogens is 342 g/mol. The molecule has 134 valence electrons. The molecule has 4 aromatic rings. The van der Waals surface area contributed by atoms with Gasteiger partial charge in [-0.1, -0.05) is 36.4 Å². The molecule has 0 atom stereocenters. The number of hydroxylamine groups is 1. The highest BCUT2D eigenvalue weighted by Gasteiger charge is 2.15.